The highest BCUT2D eigenvalue weighted by Gasteiger charge is 2.41. The van der Waals surface area contributed by atoms with Crippen molar-refractivity contribution in [1.82, 2.24) is 24.3 Å². The van der Waals surface area contributed by atoms with Gasteiger partial charge in [-0.25, -0.2) is 13.1 Å². The number of pyridine rings is 1. The van der Waals surface area contributed by atoms with Crippen LogP contribution >= 0.6 is 11.3 Å². The van der Waals surface area contributed by atoms with Gasteiger partial charge in [-0.15, -0.1) is 16.4 Å². The number of nitrogens with zero attached hydrogens (tertiary/aromatic N) is 5. The lowest BCUT2D eigenvalue weighted by Crippen LogP contribution is -2.33. The first-order chi connectivity index (χ1) is 18.9. The van der Waals surface area contributed by atoms with Crippen LogP contribution in [-0.2, 0) is 34.3 Å². The lowest BCUT2D eigenvalue weighted by atomic mass is 9.72. The number of sulfonamides is 1. The molecule has 11 heteroatoms. The monoisotopic (exact) mass is 581 g/mol. The van der Waals surface area contributed by atoms with Crippen molar-refractivity contribution in [3.63, 3.8) is 0 Å². The molecular formula is C29H35N5O4S2. The summed E-state index contributed by atoms with van der Waals surface area (Å²) < 4.78 is 30.7. The summed E-state index contributed by atoms with van der Waals surface area (Å²) in [6.07, 6.45) is 2.23. The van der Waals surface area contributed by atoms with Crippen molar-refractivity contribution < 1.29 is 18.3 Å². The summed E-state index contributed by atoms with van der Waals surface area (Å²) in [5, 5.41) is 19.0. The largest absolute Gasteiger partial charge is 0.481 e. The number of fused-ring (bicyclic) bond motifs is 2. The molecule has 0 saturated heterocycles. The highest BCUT2D eigenvalue weighted by molar-refractivity contribution is 7.89. The Kier molecular flexibility index (Phi) is 7.35. The number of rotatable bonds is 7. The number of hydrogen-bond donors (Lipinski definition) is 1. The normalized spacial score (nSPS) is 18.4. The van der Waals surface area contributed by atoms with Crippen LogP contribution in [0.15, 0.2) is 41.4 Å². The maximum absolute atomic E-state index is 13.7. The number of carbonyl (C=O) groups is 1. The van der Waals surface area contributed by atoms with Crippen LogP contribution in [0.2, 0.25) is 0 Å². The Hall–Kier alpha value is -3.15. The number of carboxylic acid groups (broad SMARTS) is 1. The third-order valence-corrected chi connectivity index (χ3v) is 11.1. The van der Waals surface area contributed by atoms with Crippen molar-refractivity contribution in [3.8, 4) is 0 Å². The summed E-state index contributed by atoms with van der Waals surface area (Å²) in [5.41, 5.74) is 3.80. The molecule has 0 saturated carbocycles. The van der Waals surface area contributed by atoms with E-state index in [1.165, 1.54) is 11.3 Å². The van der Waals surface area contributed by atoms with Crippen molar-refractivity contribution in [1.29, 1.82) is 0 Å². The van der Waals surface area contributed by atoms with E-state index in [-0.39, 0.29) is 17.4 Å². The van der Waals surface area contributed by atoms with Gasteiger partial charge in [0.1, 0.15) is 10.4 Å². The first-order valence-corrected chi connectivity index (χ1v) is 15.7. The van der Waals surface area contributed by atoms with Gasteiger partial charge in [0.15, 0.2) is 0 Å². The molecule has 1 aliphatic heterocycles. The standard InChI is InChI=1S/C29H35N5O4S2/c1-7-34-23-11-10-21(18(3)27(23)31-32-34)26(29(5,6)28(35)36)24-14-20(19(4)39-24)16-33-15-17(2)13-22-25(40(33,37)38)9-8-12-30-22/h8-12,14,17,26H,7,13,15-16H2,1-6H3,(H,35,36)/t17-,26?/m0/s1. The molecule has 40 heavy (non-hydrogen) atoms. The van der Waals surface area contributed by atoms with E-state index in [0.717, 1.165) is 37.5 Å². The van der Waals surface area contributed by atoms with E-state index in [0.29, 0.717) is 25.2 Å². The Labute approximate surface area is 238 Å². The summed E-state index contributed by atoms with van der Waals surface area (Å²) >= 11 is 1.53. The molecule has 0 spiro atoms. The van der Waals surface area contributed by atoms with Crippen molar-refractivity contribution in [2.75, 3.05) is 6.54 Å². The van der Waals surface area contributed by atoms with Crippen LogP contribution in [0.25, 0.3) is 11.0 Å². The molecule has 0 aliphatic carbocycles. The van der Waals surface area contributed by atoms with E-state index in [1.807, 2.05) is 50.6 Å². The second-order valence-corrected chi connectivity index (χ2v) is 14.5. The second-order valence-electron chi connectivity index (χ2n) is 11.3. The van der Waals surface area contributed by atoms with E-state index in [2.05, 4.69) is 15.3 Å². The van der Waals surface area contributed by atoms with Crippen LogP contribution in [0.4, 0.5) is 0 Å². The Morgan fingerprint density at radius 2 is 2.00 bits per heavy atom. The maximum atomic E-state index is 13.7. The van der Waals surface area contributed by atoms with Gasteiger partial charge in [0.05, 0.1) is 16.6 Å². The van der Waals surface area contributed by atoms with Gasteiger partial charge in [0.25, 0.3) is 0 Å². The summed E-state index contributed by atoms with van der Waals surface area (Å²) in [6.45, 7) is 12.8. The Bertz CT molecular complexity index is 1710. The molecule has 212 valence electrons. The first kappa shape index (κ1) is 28.4. The van der Waals surface area contributed by atoms with Crippen molar-refractivity contribution >= 4 is 38.4 Å². The fourth-order valence-corrected chi connectivity index (χ4v) is 8.80. The minimum Gasteiger partial charge on any atom is -0.481 e. The molecule has 0 radical (unpaired) electrons. The van der Waals surface area contributed by atoms with Gasteiger partial charge in [-0.3, -0.25) is 9.78 Å². The van der Waals surface area contributed by atoms with Crippen LogP contribution in [0.3, 0.4) is 0 Å². The Morgan fingerprint density at radius 1 is 1.25 bits per heavy atom. The van der Waals surface area contributed by atoms with Crippen LogP contribution in [0, 0.1) is 25.2 Å². The molecule has 4 heterocycles. The van der Waals surface area contributed by atoms with E-state index < -0.39 is 27.3 Å². The molecule has 0 fully saturated rings. The lowest BCUT2D eigenvalue weighted by molar-refractivity contribution is -0.147. The highest BCUT2D eigenvalue weighted by atomic mass is 32.2. The highest BCUT2D eigenvalue weighted by Crippen LogP contribution is 2.47. The first-order valence-electron chi connectivity index (χ1n) is 13.5. The zero-order chi connectivity index (χ0) is 29.0. The number of aromatic nitrogens is 4. The van der Waals surface area contributed by atoms with Gasteiger partial charge in [-0.05, 0) is 87.9 Å². The van der Waals surface area contributed by atoms with Gasteiger partial charge in [-0.2, -0.15) is 4.31 Å². The molecule has 0 amide bonds. The van der Waals surface area contributed by atoms with Gasteiger partial charge in [0, 0.05) is 41.5 Å². The predicted molar refractivity (Wildman–Crippen MR) is 155 cm³/mol. The smallest absolute Gasteiger partial charge is 0.310 e. The topological polar surface area (TPSA) is 118 Å². The van der Waals surface area contributed by atoms with E-state index in [9.17, 15) is 18.3 Å². The summed E-state index contributed by atoms with van der Waals surface area (Å²) in [4.78, 5) is 19.1. The molecule has 1 aliphatic rings. The predicted octanol–water partition coefficient (Wildman–Crippen LogP) is 5.15. The molecule has 9 nitrogen and oxygen atoms in total. The number of thiophene rings is 1. The zero-order valence-corrected chi connectivity index (χ0v) is 25.3. The van der Waals surface area contributed by atoms with Crippen LogP contribution in [0.1, 0.15) is 65.8 Å². The molecule has 2 atom stereocenters. The Morgan fingerprint density at radius 3 is 2.70 bits per heavy atom. The minimum atomic E-state index is -3.74. The molecule has 1 N–H and O–H groups in total. The third kappa shape index (κ3) is 4.73. The van der Waals surface area contributed by atoms with Crippen LogP contribution in [0.5, 0.6) is 0 Å². The number of benzene rings is 1. The fourth-order valence-electron chi connectivity index (χ4n) is 5.73. The number of hydrogen-bond acceptors (Lipinski definition) is 7. The number of carboxylic acids is 1. The van der Waals surface area contributed by atoms with Crippen LogP contribution < -0.4 is 0 Å². The van der Waals surface area contributed by atoms with E-state index >= 15 is 0 Å². The van der Waals surface area contributed by atoms with Gasteiger partial charge < -0.3 is 5.11 Å². The molecule has 1 unspecified atom stereocenters. The molecule has 0 bridgehead atoms. The van der Waals surface area contributed by atoms with Crippen molar-refractivity contribution in [2.24, 2.45) is 11.3 Å². The second kappa shape index (κ2) is 10.4. The molecule has 3 aromatic heterocycles. The average Bonchev–Trinajstić information content (AvgIpc) is 3.46. The number of aliphatic carboxylic acids is 1. The number of aryl methyl sites for hydroxylation is 3. The molecular weight excluding hydrogens is 546 g/mol. The average molecular weight is 582 g/mol. The van der Waals surface area contributed by atoms with Crippen molar-refractivity contribution in [3.05, 3.63) is 68.7 Å². The minimum absolute atomic E-state index is 0.106. The summed E-state index contributed by atoms with van der Waals surface area (Å²) in [5.74, 6) is -1.27. The summed E-state index contributed by atoms with van der Waals surface area (Å²) in [7, 11) is -3.74. The molecule has 4 aromatic rings. The zero-order valence-electron chi connectivity index (χ0n) is 23.7. The maximum Gasteiger partial charge on any atom is 0.310 e. The molecule has 1 aromatic carbocycles. The van der Waals surface area contributed by atoms with Gasteiger partial charge >= 0.3 is 5.97 Å². The van der Waals surface area contributed by atoms with Gasteiger partial charge in [-0.1, -0.05) is 18.2 Å². The SMILES string of the molecule is CCn1nnc2c(C)c(C(c3cc(CN4C[C@@H](C)Cc5ncccc5S4(=O)=O)c(C)s3)C(C)(C)C(=O)O)ccc21. The van der Waals surface area contributed by atoms with Gasteiger partial charge in [0.2, 0.25) is 10.0 Å². The van der Waals surface area contributed by atoms with E-state index in [4.69, 9.17) is 0 Å². The molecule has 5 rings (SSSR count). The quantitative estimate of drug-likeness (QED) is 0.321. The van der Waals surface area contributed by atoms with E-state index in [1.54, 1.807) is 36.5 Å². The third-order valence-electron chi connectivity index (χ3n) is 8.06. The lowest BCUT2D eigenvalue weighted by Gasteiger charge is -2.31. The summed E-state index contributed by atoms with van der Waals surface area (Å²) in [6, 6.07) is 9.24. The fraction of sp³-hybridized carbons (Fsp3) is 0.448. The van der Waals surface area contributed by atoms with Crippen LogP contribution in [-0.4, -0.2) is 50.3 Å². The van der Waals surface area contributed by atoms with Crippen molar-refractivity contribution in [2.45, 2.75) is 71.9 Å². The Balaban J connectivity index is 1.59.